The third-order valence-electron chi connectivity index (χ3n) is 4.46. The van der Waals surface area contributed by atoms with Crippen molar-refractivity contribution in [1.29, 1.82) is 0 Å². The second-order valence-corrected chi connectivity index (χ2v) is 5.94. The van der Waals surface area contributed by atoms with Crippen LogP contribution in [0, 0.1) is 0 Å². The number of hydrogen-bond donors (Lipinski definition) is 1. The van der Waals surface area contributed by atoms with E-state index in [9.17, 15) is 0 Å². The minimum atomic E-state index is 0.143. The molecular weight excluding hydrogens is 246 g/mol. The van der Waals surface area contributed by atoms with Gasteiger partial charge in [0.2, 0.25) is 0 Å². The van der Waals surface area contributed by atoms with Crippen molar-refractivity contribution >= 4 is 5.69 Å². The van der Waals surface area contributed by atoms with Gasteiger partial charge in [-0.25, -0.2) is 0 Å². The fourth-order valence-corrected chi connectivity index (χ4v) is 3.19. The van der Waals surface area contributed by atoms with E-state index in [1.807, 2.05) is 0 Å². The second kappa shape index (κ2) is 7.09. The van der Waals surface area contributed by atoms with E-state index in [0.29, 0.717) is 6.04 Å². The molecule has 1 heterocycles. The number of likely N-dealkylation sites (N-methyl/N-ethyl adjacent to an activating group) is 1. The predicted molar refractivity (Wildman–Crippen MR) is 87.2 cm³/mol. The molecule has 1 aromatic carbocycles. The van der Waals surface area contributed by atoms with Gasteiger partial charge >= 0.3 is 0 Å². The molecule has 1 saturated heterocycles. The molecule has 0 saturated carbocycles. The molecule has 3 heteroatoms. The van der Waals surface area contributed by atoms with Crippen LogP contribution in [0.2, 0.25) is 0 Å². The molecule has 0 amide bonds. The van der Waals surface area contributed by atoms with E-state index >= 15 is 0 Å². The number of nitrogens with zero attached hydrogens (tertiary/aromatic N) is 2. The fraction of sp³-hybridized carbons (Fsp3) is 0.647. The van der Waals surface area contributed by atoms with Gasteiger partial charge < -0.3 is 15.5 Å². The molecule has 1 aromatic rings. The summed E-state index contributed by atoms with van der Waals surface area (Å²) in [7, 11) is 2.23. The lowest BCUT2D eigenvalue weighted by atomic mass is 10.0. The Morgan fingerprint density at radius 2 is 2.00 bits per heavy atom. The second-order valence-electron chi connectivity index (χ2n) is 5.94. The third-order valence-corrected chi connectivity index (χ3v) is 4.46. The normalized spacial score (nSPS) is 22.6. The molecule has 112 valence electrons. The highest BCUT2D eigenvalue weighted by atomic mass is 15.2. The van der Waals surface area contributed by atoms with E-state index in [1.54, 1.807) is 0 Å². The third kappa shape index (κ3) is 3.33. The van der Waals surface area contributed by atoms with Crippen LogP contribution in [-0.4, -0.2) is 37.6 Å². The van der Waals surface area contributed by atoms with Gasteiger partial charge in [0.15, 0.2) is 0 Å². The van der Waals surface area contributed by atoms with E-state index in [2.05, 4.69) is 55.0 Å². The standard InChI is InChI=1S/C17H29N3/c1-4-14-13-19(3)11-8-12-20(14)17-10-7-6-9-15(17)16(18)5-2/h6-7,9-10,14,16H,4-5,8,11-13,18H2,1-3H3/t14?,16-/m1/s1. The number of rotatable bonds is 4. The van der Waals surface area contributed by atoms with Crippen LogP contribution in [-0.2, 0) is 0 Å². The Balaban J connectivity index is 2.32. The van der Waals surface area contributed by atoms with Crippen LogP contribution in [0.25, 0.3) is 0 Å². The molecule has 0 radical (unpaired) electrons. The van der Waals surface area contributed by atoms with Gasteiger partial charge in [0.05, 0.1) is 0 Å². The number of benzene rings is 1. The quantitative estimate of drug-likeness (QED) is 0.917. The van der Waals surface area contributed by atoms with Gasteiger partial charge in [0, 0.05) is 30.9 Å². The van der Waals surface area contributed by atoms with Gasteiger partial charge in [-0.15, -0.1) is 0 Å². The topological polar surface area (TPSA) is 32.5 Å². The van der Waals surface area contributed by atoms with Crippen molar-refractivity contribution < 1.29 is 0 Å². The first-order valence-electron chi connectivity index (χ1n) is 7.97. The van der Waals surface area contributed by atoms with Crippen LogP contribution in [0.1, 0.15) is 44.7 Å². The smallest absolute Gasteiger partial charge is 0.0417 e. The molecule has 1 fully saturated rings. The van der Waals surface area contributed by atoms with Crippen molar-refractivity contribution in [3.8, 4) is 0 Å². The van der Waals surface area contributed by atoms with Gasteiger partial charge in [0.1, 0.15) is 0 Å². The van der Waals surface area contributed by atoms with Crippen LogP contribution < -0.4 is 10.6 Å². The Bertz CT molecular complexity index is 418. The number of hydrogen-bond acceptors (Lipinski definition) is 3. The van der Waals surface area contributed by atoms with Crippen LogP contribution in [0.5, 0.6) is 0 Å². The molecule has 1 unspecified atom stereocenters. The lowest BCUT2D eigenvalue weighted by molar-refractivity contribution is 0.328. The Labute approximate surface area is 123 Å². The maximum atomic E-state index is 6.32. The summed E-state index contributed by atoms with van der Waals surface area (Å²) in [6.45, 7) is 7.92. The van der Waals surface area contributed by atoms with Crippen molar-refractivity contribution in [1.82, 2.24) is 4.90 Å². The van der Waals surface area contributed by atoms with E-state index in [1.165, 1.54) is 30.6 Å². The first kappa shape index (κ1) is 15.3. The molecular formula is C17H29N3. The highest BCUT2D eigenvalue weighted by Crippen LogP contribution is 2.30. The van der Waals surface area contributed by atoms with Crippen molar-refractivity contribution in [2.24, 2.45) is 5.73 Å². The molecule has 20 heavy (non-hydrogen) atoms. The van der Waals surface area contributed by atoms with Crippen LogP contribution >= 0.6 is 0 Å². The first-order valence-corrected chi connectivity index (χ1v) is 7.97. The fourth-order valence-electron chi connectivity index (χ4n) is 3.19. The SMILES string of the molecule is CCC1CN(C)CCCN1c1ccccc1[C@H](N)CC. The maximum Gasteiger partial charge on any atom is 0.0417 e. The Kier molecular flexibility index (Phi) is 5.44. The highest BCUT2D eigenvalue weighted by Gasteiger charge is 2.24. The summed E-state index contributed by atoms with van der Waals surface area (Å²) in [5, 5.41) is 0. The zero-order valence-corrected chi connectivity index (χ0v) is 13.2. The number of para-hydroxylation sites is 1. The van der Waals surface area contributed by atoms with Crippen molar-refractivity contribution in [2.45, 2.75) is 45.2 Å². The summed E-state index contributed by atoms with van der Waals surface area (Å²) >= 11 is 0. The molecule has 1 aliphatic heterocycles. The summed E-state index contributed by atoms with van der Waals surface area (Å²) in [6.07, 6.45) is 3.39. The molecule has 2 N–H and O–H groups in total. The molecule has 0 aromatic heterocycles. The largest absolute Gasteiger partial charge is 0.367 e. The summed E-state index contributed by atoms with van der Waals surface area (Å²) in [5.74, 6) is 0. The molecule has 2 rings (SSSR count). The van der Waals surface area contributed by atoms with Gasteiger partial charge in [-0.05, 0) is 44.5 Å². The minimum Gasteiger partial charge on any atom is -0.367 e. The van der Waals surface area contributed by atoms with Crippen LogP contribution in [0.4, 0.5) is 5.69 Å². The van der Waals surface area contributed by atoms with E-state index in [4.69, 9.17) is 5.73 Å². The summed E-state index contributed by atoms with van der Waals surface area (Å²) in [6, 6.07) is 9.43. The van der Waals surface area contributed by atoms with Gasteiger partial charge in [-0.3, -0.25) is 0 Å². The number of nitrogens with two attached hydrogens (primary N) is 1. The summed E-state index contributed by atoms with van der Waals surface area (Å²) in [5.41, 5.74) is 8.97. The molecule has 3 nitrogen and oxygen atoms in total. The zero-order chi connectivity index (χ0) is 14.5. The lowest BCUT2D eigenvalue weighted by Crippen LogP contribution is -2.40. The molecule has 0 spiro atoms. The Morgan fingerprint density at radius 3 is 2.70 bits per heavy atom. The Morgan fingerprint density at radius 1 is 1.25 bits per heavy atom. The van der Waals surface area contributed by atoms with Crippen molar-refractivity contribution in [2.75, 3.05) is 31.6 Å². The maximum absolute atomic E-state index is 6.32. The minimum absolute atomic E-state index is 0.143. The first-order chi connectivity index (χ1) is 9.67. The molecule has 0 aliphatic carbocycles. The van der Waals surface area contributed by atoms with E-state index in [-0.39, 0.29) is 6.04 Å². The number of anilines is 1. The predicted octanol–water partition coefficient (Wildman–Crippen LogP) is 3.02. The Hall–Kier alpha value is -1.06. The van der Waals surface area contributed by atoms with Crippen LogP contribution in [0.15, 0.2) is 24.3 Å². The molecule has 0 bridgehead atoms. The summed E-state index contributed by atoms with van der Waals surface area (Å²) in [4.78, 5) is 5.05. The molecule has 2 atom stereocenters. The zero-order valence-electron chi connectivity index (χ0n) is 13.2. The van der Waals surface area contributed by atoms with E-state index in [0.717, 1.165) is 19.5 Å². The van der Waals surface area contributed by atoms with Gasteiger partial charge in [0.25, 0.3) is 0 Å². The molecule has 1 aliphatic rings. The van der Waals surface area contributed by atoms with Gasteiger partial charge in [-0.1, -0.05) is 32.0 Å². The average molecular weight is 275 g/mol. The summed E-state index contributed by atoms with van der Waals surface area (Å²) < 4.78 is 0. The monoisotopic (exact) mass is 275 g/mol. The lowest BCUT2D eigenvalue weighted by Gasteiger charge is -2.34. The average Bonchev–Trinajstić information content (AvgIpc) is 2.67. The highest BCUT2D eigenvalue weighted by molar-refractivity contribution is 5.56. The van der Waals surface area contributed by atoms with Crippen LogP contribution in [0.3, 0.4) is 0 Å². The van der Waals surface area contributed by atoms with Crippen molar-refractivity contribution in [3.63, 3.8) is 0 Å². The van der Waals surface area contributed by atoms with Gasteiger partial charge in [-0.2, -0.15) is 0 Å². The van der Waals surface area contributed by atoms with Crippen molar-refractivity contribution in [3.05, 3.63) is 29.8 Å². The van der Waals surface area contributed by atoms with E-state index < -0.39 is 0 Å².